The van der Waals surface area contributed by atoms with Crippen molar-refractivity contribution >= 4 is 12.6 Å². The molecular weight excluding hydrogens is 194 g/mol. The number of aryl methyl sites for hydroxylation is 1. The van der Waals surface area contributed by atoms with Gasteiger partial charge in [-0.25, -0.2) is 4.39 Å². The fraction of sp³-hybridized carbons (Fsp3) is 0.455. The lowest BCUT2D eigenvalue weighted by atomic mass is 9.77. The van der Waals surface area contributed by atoms with Crippen LogP contribution in [0.5, 0.6) is 0 Å². The molecule has 1 aromatic carbocycles. The van der Waals surface area contributed by atoms with Crippen molar-refractivity contribution in [2.24, 2.45) is 0 Å². The Kier molecular flexibility index (Phi) is 3.39. The Bertz CT molecular complexity index is 337. The van der Waals surface area contributed by atoms with E-state index in [1.165, 1.54) is 0 Å². The molecule has 0 amide bonds. The summed E-state index contributed by atoms with van der Waals surface area (Å²) in [5.74, 6) is -0.235. The first-order valence-electron chi connectivity index (χ1n) is 5.33. The van der Waals surface area contributed by atoms with E-state index in [1.807, 2.05) is 13.0 Å². The van der Waals surface area contributed by atoms with Gasteiger partial charge in [-0.05, 0) is 24.5 Å². The Morgan fingerprint density at radius 1 is 1.33 bits per heavy atom. The Morgan fingerprint density at radius 2 is 2.07 bits per heavy atom. The van der Waals surface area contributed by atoms with E-state index in [1.54, 1.807) is 12.1 Å². The molecule has 1 fully saturated rings. The summed E-state index contributed by atoms with van der Waals surface area (Å²) in [6, 6.07) is 5.22. The Labute approximate surface area is 89.5 Å². The summed E-state index contributed by atoms with van der Waals surface area (Å²) >= 11 is 0. The maximum atomic E-state index is 13.7. The van der Waals surface area contributed by atoms with Gasteiger partial charge in [0.25, 0.3) is 0 Å². The van der Waals surface area contributed by atoms with Gasteiger partial charge in [-0.15, -0.1) is 0 Å². The monoisotopic (exact) mass is 208 g/mol. The van der Waals surface area contributed by atoms with Crippen LogP contribution in [0.2, 0.25) is 0 Å². The van der Waals surface area contributed by atoms with Crippen LogP contribution >= 0.6 is 0 Å². The maximum absolute atomic E-state index is 13.7. The van der Waals surface area contributed by atoms with Crippen molar-refractivity contribution in [3.63, 3.8) is 0 Å². The molecule has 1 aliphatic rings. The van der Waals surface area contributed by atoms with Gasteiger partial charge in [-0.2, -0.15) is 0 Å². The summed E-state index contributed by atoms with van der Waals surface area (Å²) in [5, 5.41) is 0. The topological polar surface area (TPSA) is 18.5 Å². The van der Waals surface area contributed by atoms with Crippen LogP contribution in [-0.2, 0) is 15.7 Å². The first-order valence-corrected chi connectivity index (χ1v) is 5.33. The highest BCUT2D eigenvalue weighted by Gasteiger charge is 2.27. The molecule has 0 aliphatic carbocycles. The largest absolute Gasteiger partial charge is 0.496 e. The molecule has 1 saturated heterocycles. The fourth-order valence-corrected chi connectivity index (χ4v) is 1.65. The molecule has 0 saturated carbocycles. The van der Waals surface area contributed by atoms with E-state index in [-0.39, 0.29) is 5.82 Å². The van der Waals surface area contributed by atoms with Crippen LogP contribution in [0.3, 0.4) is 0 Å². The number of hydrogen-bond donors (Lipinski definition) is 0. The van der Waals surface area contributed by atoms with Crippen LogP contribution in [0, 0.1) is 5.82 Å². The van der Waals surface area contributed by atoms with Crippen molar-refractivity contribution in [2.75, 3.05) is 13.2 Å². The third kappa shape index (κ3) is 2.38. The zero-order chi connectivity index (χ0) is 10.7. The van der Waals surface area contributed by atoms with Gasteiger partial charge in [0.15, 0.2) is 0 Å². The SMILES string of the molecule is CCc1ccc(B2OCCCO2)c(F)c1. The first-order chi connectivity index (χ1) is 7.31. The summed E-state index contributed by atoms with van der Waals surface area (Å²) in [6.45, 7) is 3.28. The van der Waals surface area contributed by atoms with E-state index >= 15 is 0 Å². The minimum absolute atomic E-state index is 0.235. The number of hydrogen-bond acceptors (Lipinski definition) is 2. The maximum Gasteiger partial charge on any atom is 0.496 e. The highest BCUT2D eigenvalue weighted by atomic mass is 19.1. The second kappa shape index (κ2) is 4.77. The van der Waals surface area contributed by atoms with Gasteiger partial charge in [0.2, 0.25) is 0 Å². The molecule has 2 nitrogen and oxygen atoms in total. The van der Waals surface area contributed by atoms with Crippen molar-refractivity contribution in [1.82, 2.24) is 0 Å². The smallest absolute Gasteiger partial charge is 0.407 e. The molecule has 0 N–H and O–H groups in total. The Hall–Kier alpha value is -0.865. The van der Waals surface area contributed by atoms with Crippen molar-refractivity contribution in [3.05, 3.63) is 29.6 Å². The van der Waals surface area contributed by atoms with E-state index in [4.69, 9.17) is 9.31 Å². The Balaban J connectivity index is 2.19. The van der Waals surface area contributed by atoms with Crippen LogP contribution in [0.1, 0.15) is 18.9 Å². The van der Waals surface area contributed by atoms with Crippen LogP contribution in [0.15, 0.2) is 18.2 Å². The van der Waals surface area contributed by atoms with Gasteiger partial charge in [0.05, 0.1) is 0 Å². The third-order valence-corrected chi connectivity index (χ3v) is 2.55. The van der Waals surface area contributed by atoms with Crippen LogP contribution < -0.4 is 5.46 Å². The molecule has 0 bridgehead atoms. The zero-order valence-corrected chi connectivity index (χ0v) is 8.83. The van der Waals surface area contributed by atoms with Crippen molar-refractivity contribution in [2.45, 2.75) is 19.8 Å². The van der Waals surface area contributed by atoms with Crippen LogP contribution in [0.4, 0.5) is 4.39 Å². The first kappa shape index (κ1) is 10.6. The minimum atomic E-state index is -0.523. The lowest BCUT2D eigenvalue weighted by Gasteiger charge is -2.20. The molecule has 0 atom stereocenters. The lowest BCUT2D eigenvalue weighted by molar-refractivity contribution is 0.143. The number of rotatable bonds is 2. The summed E-state index contributed by atoms with van der Waals surface area (Å²) < 4.78 is 24.4. The highest BCUT2D eigenvalue weighted by Crippen LogP contribution is 2.07. The van der Waals surface area contributed by atoms with Crippen molar-refractivity contribution < 1.29 is 13.7 Å². The standard InChI is InChI=1S/C11H14BFO2/c1-2-9-4-5-10(11(13)8-9)12-14-6-3-7-15-12/h4-5,8H,2-3,6-7H2,1H3. The van der Waals surface area contributed by atoms with Gasteiger partial charge < -0.3 is 9.31 Å². The second-order valence-corrected chi connectivity index (χ2v) is 3.64. The summed E-state index contributed by atoms with van der Waals surface area (Å²) in [6.07, 6.45) is 1.72. The average Bonchev–Trinajstić information content (AvgIpc) is 2.30. The molecule has 15 heavy (non-hydrogen) atoms. The molecule has 0 spiro atoms. The van der Waals surface area contributed by atoms with E-state index in [0.29, 0.717) is 18.7 Å². The second-order valence-electron chi connectivity index (χ2n) is 3.64. The third-order valence-electron chi connectivity index (χ3n) is 2.55. The summed E-state index contributed by atoms with van der Waals surface area (Å²) in [7, 11) is -0.523. The highest BCUT2D eigenvalue weighted by molar-refractivity contribution is 6.61. The van der Waals surface area contributed by atoms with E-state index in [0.717, 1.165) is 18.4 Å². The van der Waals surface area contributed by atoms with Crippen molar-refractivity contribution in [3.8, 4) is 0 Å². The summed E-state index contributed by atoms with van der Waals surface area (Å²) in [5.41, 5.74) is 1.50. The average molecular weight is 208 g/mol. The molecule has 1 heterocycles. The molecule has 1 aromatic rings. The fourth-order valence-electron chi connectivity index (χ4n) is 1.65. The Morgan fingerprint density at radius 3 is 2.67 bits per heavy atom. The lowest BCUT2D eigenvalue weighted by Crippen LogP contribution is -2.42. The predicted molar refractivity (Wildman–Crippen MR) is 57.7 cm³/mol. The molecule has 2 rings (SSSR count). The molecule has 0 radical (unpaired) electrons. The van der Waals surface area contributed by atoms with Crippen molar-refractivity contribution in [1.29, 1.82) is 0 Å². The number of halogens is 1. The van der Waals surface area contributed by atoms with Gasteiger partial charge >= 0.3 is 7.12 Å². The number of benzene rings is 1. The molecular formula is C11H14BFO2. The van der Waals surface area contributed by atoms with E-state index in [9.17, 15) is 4.39 Å². The normalized spacial score (nSPS) is 16.8. The minimum Gasteiger partial charge on any atom is -0.407 e. The molecule has 0 aromatic heterocycles. The van der Waals surface area contributed by atoms with E-state index in [2.05, 4.69) is 0 Å². The molecule has 0 unspecified atom stereocenters. The van der Waals surface area contributed by atoms with Gasteiger partial charge in [-0.3, -0.25) is 0 Å². The zero-order valence-electron chi connectivity index (χ0n) is 8.83. The van der Waals surface area contributed by atoms with Gasteiger partial charge in [0.1, 0.15) is 5.82 Å². The van der Waals surface area contributed by atoms with E-state index < -0.39 is 7.12 Å². The molecule has 1 aliphatic heterocycles. The van der Waals surface area contributed by atoms with Crippen LogP contribution in [-0.4, -0.2) is 20.3 Å². The van der Waals surface area contributed by atoms with Gasteiger partial charge in [0, 0.05) is 18.7 Å². The van der Waals surface area contributed by atoms with Crippen LogP contribution in [0.25, 0.3) is 0 Å². The quantitative estimate of drug-likeness (QED) is 0.686. The molecule has 4 heteroatoms. The molecule has 80 valence electrons. The van der Waals surface area contributed by atoms with Gasteiger partial charge in [-0.1, -0.05) is 19.1 Å². The predicted octanol–water partition coefficient (Wildman–Crippen LogP) is 1.52. The summed E-state index contributed by atoms with van der Waals surface area (Å²) in [4.78, 5) is 0.